The van der Waals surface area contributed by atoms with Gasteiger partial charge in [0, 0.05) is 36.8 Å². The zero-order chi connectivity index (χ0) is 27.5. The number of unbranched alkanes of at least 4 members (excludes halogenated alkanes) is 2. The van der Waals surface area contributed by atoms with E-state index in [9.17, 15) is 9.59 Å². The number of benzene rings is 1. The smallest absolute Gasteiger partial charge is 0.251 e. The Morgan fingerprint density at radius 3 is 2.82 bits per heavy atom. The number of allylic oxidation sites excluding steroid dienone is 9. The molecule has 1 aliphatic rings. The zero-order valence-electron chi connectivity index (χ0n) is 22.3. The lowest BCUT2D eigenvalue weighted by molar-refractivity contribution is -0.120. The van der Waals surface area contributed by atoms with Crippen LogP contribution in [0.25, 0.3) is 16.3 Å². The Hall–Kier alpha value is -4.52. The van der Waals surface area contributed by atoms with E-state index in [4.69, 9.17) is 0 Å². The van der Waals surface area contributed by atoms with E-state index in [1.165, 1.54) is 0 Å². The minimum absolute atomic E-state index is 0.0436. The van der Waals surface area contributed by atoms with Gasteiger partial charge >= 0.3 is 0 Å². The van der Waals surface area contributed by atoms with Crippen molar-refractivity contribution < 1.29 is 9.59 Å². The third-order valence-electron chi connectivity index (χ3n) is 6.63. The first kappa shape index (κ1) is 27.5. The summed E-state index contributed by atoms with van der Waals surface area (Å²) in [6, 6.07) is 7.20. The number of amides is 2. The lowest BCUT2D eigenvalue weighted by Gasteiger charge is -2.17. The average Bonchev–Trinajstić information content (AvgIpc) is 3.45. The molecule has 39 heavy (non-hydrogen) atoms. The van der Waals surface area contributed by atoms with E-state index in [0.29, 0.717) is 24.2 Å². The van der Waals surface area contributed by atoms with E-state index in [-0.39, 0.29) is 17.9 Å². The second kappa shape index (κ2) is 13.9. The highest BCUT2D eigenvalue weighted by molar-refractivity contribution is 5.98. The molecule has 0 saturated heterocycles. The fraction of sp³-hybridized carbons (Fsp3) is 0.250. The van der Waals surface area contributed by atoms with Gasteiger partial charge in [-0.1, -0.05) is 68.0 Å². The highest BCUT2D eigenvalue weighted by Crippen LogP contribution is 2.23. The molecule has 0 aliphatic heterocycles. The molecule has 3 N–H and O–H groups in total. The second-order valence-electron chi connectivity index (χ2n) is 9.51. The van der Waals surface area contributed by atoms with Gasteiger partial charge in [0.15, 0.2) is 0 Å². The van der Waals surface area contributed by atoms with Crippen molar-refractivity contribution in [2.75, 3.05) is 7.05 Å². The van der Waals surface area contributed by atoms with E-state index in [1.807, 2.05) is 60.8 Å². The highest BCUT2D eigenvalue weighted by Gasteiger charge is 2.19. The van der Waals surface area contributed by atoms with Gasteiger partial charge in [0.2, 0.25) is 5.91 Å². The summed E-state index contributed by atoms with van der Waals surface area (Å²) in [5.41, 5.74) is 3.37. The molecule has 2 aromatic heterocycles. The van der Waals surface area contributed by atoms with Gasteiger partial charge in [-0.25, -0.2) is 4.98 Å². The van der Waals surface area contributed by atoms with E-state index in [2.05, 4.69) is 44.3 Å². The Kier molecular flexibility index (Phi) is 9.78. The van der Waals surface area contributed by atoms with Crippen molar-refractivity contribution in [2.24, 2.45) is 0 Å². The molecule has 2 amide bonds. The number of nitrogens with one attached hydrogen (secondary N) is 3. The molecule has 200 valence electrons. The largest absolute Gasteiger partial charge is 0.359 e. The molecule has 0 bridgehead atoms. The number of carbonyl (C=O) groups excluding carboxylic acids is 2. The van der Waals surface area contributed by atoms with Crippen molar-refractivity contribution in [1.82, 2.24) is 25.6 Å². The van der Waals surface area contributed by atoms with Crippen LogP contribution in [0.3, 0.4) is 0 Å². The van der Waals surface area contributed by atoms with Crippen molar-refractivity contribution in [1.29, 1.82) is 0 Å². The maximum atomic E-state index is 13.3. The number of hydrogen-bond acceptors (Lipinski definition) is 4. The number of hydrogen-bond donors (Lipinski definition) is 3. The van der Waals surface area contributed by atoms with E-state index >= 15 is 0 Å². The van der Waals surface area contributed by atoms with E-state index in [1.54, 1.807) is 19.4 Å². The molecule has 0 unspecified atom stereocenters. The number of fused-ring (bicyclic) bond motifs is 1. The summed E-state index contributed by atoms with van der Waals surface area (Å²) in [6.45, 7) is 4.06. The fourth-order valence-corrected chi connectivity index (χ4v) is 4.39. The van der Waals surface area contributed by atoms with Crippen LogP contribution in [-0.2, 0) is 4.79 Å². The first-order valence-electron chi connectivity index (χ1n) is 13.3. The molecule has 1 atom stereocenters. The summed E-state index contributed by atoms with van der Waals surface area (Å²) >= 11 is 0. The molecular weight excluding hydrogens is 486 g/mol. The highest BCUT2D eigenvalue weighted by atomic mass is 16.2. The van der Waals surface area contributed by atoms with Gasteiger partial charge in [0.05, 0.1) is 17.9 Å². The number of nitrogens with zero attached hydrogens (tertiary/aromatic N) is 2. The van der Waals surface area contributed by atoms with Gasteiger partial charge in [-0.15, -0.1) is 0 Å². The van der Waals surface area contributed by atoms with Gasteiger partial charge in [-0.05, 0) is 54.0 Å². The van der Waals surface area contributed by atoms with Crippen LogP contribution in [0.4, 0.5) is 0 Å². The SMILES string of the molecule is C=C1C=C/C(c2cnc([C@H](CCCCCC(=O)NC)NC(=O)c3ccc4cnccc4c3)[nH]2)=C\C/C=C\C=C/1. The summed E-state index contributed by atoms with van der Waals surface area (Å²) in [4.78, 5) is 37.2. The molecule has 0 radical (unpaired) electrons. The van der Waals surface area contributed by atoms with Gasteiger partial charge in [-0.2, -0.15) is 0 Å². The number of pyridine rings is 1. The van der Waals surface area contributed by atoms with Gasteiger partial charge < -0.3 is 15.6 Å². The lowest BCUT2D eigenvalue weighted by atomic mass is 10.0. The summed E-state index contributed by atoms with van der Waals surface area (Å²) in [5.74, 6) is 0.588. The first-order chi connectivity index (χ1) is 19.0. The predicted octanol–water partition coefficient (Wildman–Crippen LogP) is 6.14. The molecule has 7 heteroatoms. The normalized spacial score (nSPS) is 17.2. The third kappa shape index (κ3) is 7.98. The van der Waals surface area contributed by atoms with Crippen LogP contribution in [0.1, 0.15) is 66.4 Å². The standard InChI is InChI=1S/C32H35N5O2/c1-23-10-6-3-4-7-11-24(15-14-23)29-22-35-31(36-29)28(12-8-5-9-13-30(38)33-2)37-32(39)26-16-17-27-21-34-19-18-25(27)20-26/h3-4,6,10-11,14-22,28H,1,5,7-9,12-13H2,2H3,(H,33,38)(H,35,36)(H,37,39)/b4-3-,10-6-,15-14?,24-11+/t28-/m0/s1. The van der Waals surface area contributed by atoms with Crippen molar-refractivity contribution in [3.05, 3.63) is 115 Å². The van der Waals surface area contributed by atoms with Crippen LogP contribution >= 0.6 is 0 Å². The fourth-order valence-electron chi connectivity index (χ4n) is 4.39. The maximum Gasteiger partial charge on any atom is 0.251 e. The average molecular weight is 522 g/mol. The van der Waals surface area contributed by atoms with Crippen LogP contribution < -0.4 is 10.6 Å². The summed E-state index contributed by atoms with van der Waals surface area (Å²) in [6.07, 6.45) is 24.0. The van der Waals surface area contributed by atoms with Crippen molar-refractivity contribution in [3.63, 3.8) is 0 Å². The van der Waals surface area contributed by atoms with Crippen LogP contribution in [0.2, 0.25) is 0 Å². The van der Waals surface area contributed by atoms with Gasteiger partial charge in [0.1, 0.15) is 5.82 Å². The number of rotatable bonds is 10. The topological polar surface area (TPSA) is 99.8 Å². The van der Waals surface area contributed by atoms with Gasteiger partial charge in [-0.3, -0.25) is 14.6 Å². The van der Waals surface area contributed by atoms with Crippen LogP contribution in [-0.4, -0.2) is 33.8 Å². The number of aromatic nitrogens is 3. The predicted molar refractivity (Wildman–Crippen MR) is 157 cm³/mol. The molecule has 0 fully saturated rings. The zero-order valence-corrected chi connectivity index (χ0v) is 22.3. The van der Waals surface area contributed by atoms with E-state index in [0.717, 1.165) is 53.3 Å². The Morgan fingerprint density at radius 2 is 1.95 bits per heavy atom. The van der Waals surface area contributed by atoms with Crippen LogP contribution in [0.5, 0.6) is 0 Å². The summed E-state index contributed by atoms with van der Waals surface area (Å²) < 4.78 is 0. The third-order valence-corrected chi connectivity index (χ3v) is 6.63. The molecule has 1 aromatic carbocycles. The molecule has 0 saturated carbocycles. The molecule has 3 aromatic rings. The molecule has 2 heterocycles. The van der Waals surface area contributed by atoms with Crippen molar-refractivity contribution in [2.45, 2.75) is 44.6 Å². The van der Waals surface area contributed by atoms with Crippen LogP contribution in [0.15, 0.2) is 97.5 Å². The minimum atomic E-state index is -0.304. The van der Waals surface area contributed by atoms with Crippen molar-refractivity contribution >= 4 is 28.2 Å². The molecule has 0 spiro atoms. The Morgan fingerprint density at radius 1 is 1.05 bits per heavy atom. The summed E-state index contributed by atoms with van der Waals surface area (Å²) in [7, 11) is 1.65. The number of aromatic amines is 1. The first-order valence-corrected chi connectivity index (χ1v) is 13.3. The number of H-pyrrole nitrogens is 1. The molecule has 4 rings (SSSR count). The molecular formula is C32H35N5O2. The molecule has 7 nitrogen and oxygen atoms in total. The Labute approximate surface area is 229 Å². The lowest BCUT2D eigenvalue weighted by Crippen LogP contribution is -2.29. The Bertz CT molecular complexity index is 1440. The maximum absolute atomic E-state index is 13.3. The summed E-state index contributed by atoms with van der Waals surface area (Å²) in [5, 5.41) is 7.80. The van der Waals surface area contributed by atoms with Crippen molar-refractivity contribution in [3.8, 4) is 0 Å². The number of carbonyl (C=O) groups is 2. The monoisotopic (exact) mass is 521 g/mol. The minimum Gasteiger partial charge on any atom is -0.359 e. The van der Waals surface area contributed by atoms with Gasteiger partial charge in [0.25, 0.3) is 5.91 Å². The van der Waals surface area contributed by atoms with E-state index < -0.39 is 0 Å². The quantitative estimate of drug-likeness (QED) is 0.279. The number of imidazole rings is 1. The second-order valence-corrected chi connectivity index (χ2v) is 9.51. The Balaban J connectivity index is 1.52. The molecule has 1 aliphatic carbocycles. The van der Waals surface area contributed by atoms with Crippen LogP contribution in [0, 0.1) is 0 Å².